The Hall–Kier alpha value is -3.45. The fourth-order valence-electron chi connectivity index (χ4n) is 3.26. The molecule has 0 radical (unpaired) electrons. The lowest BCUT2D eigenvalue weighted by Crippen LogP contribution is -2.27. The Labute approximate surface area is 192 Å². The highest BCUT2D eigenvalue weighted by molar-refractivity contribution is 7.98. The average molecular weight is 451 g/mol. The van der Waals surface area contributed by atoms with Crippen molar-refractivity contribution < 1.29 is 19.1 Å². The topological polar surface area (TPSA) is 76.7 Å². The largest absolute Gasteiger partial charge is 0.493 e. The summed E-state index contributed by atoms with van der Waals surface area (Å²) in [5.41, 5.74) is 2.47. The van der Waals surface area contributed by atoms with Gasteiger partial charge in [0.1, 0.15) is 0 Å². The number of rotatable bonds is 9. The Kier molecular flexibility index (Phi) is 8.16. The van der Waals surface area contributed by atoms with Crippen LogP contribution in [0.15, 0.2) is 71.6 Å². The number of amides is 2. The van der Waals surface area contributed by atoms with Crippen molar-refractivity contribution in [2.24, 2.45) is 0 Å². The molecule has 166 valence electrons. The number of hydrogen-bond donors (Lipinski definition) is 2. The van der Waals surface area contributed by atoms with E-state index in [1.54, 1.807) is 44.6 Å². The van der Waals surface area contributed by atoms with Gasteiger partial charge in [-0.3, -0.25) is 9.59 Å². The number of hydrogen-bond acceptors (Lipinski definition) is 5. The van der Waals surface area contributed by atoms with Crippen LogP contribution in [0.3, 0.4) is 0 Å². The van der Waals surface area contributed by atoms with Gasteiger partial charge in [-0.2, -0.15) is 0 Å². The Morgan fingerprint density at radius 2 is 1.53 bits per heavy atom. The number of para-hydroxylation sites is 1. The van der Waals surface area contributed by atoms with E-state index < -0.39 is 0 Å². The quantitative estimate of drug-likeness (QED) is 0.464. The number of nitrogens with one attached hydrogen (secondary N) is 2. The maximum atomic E-state index is 12.8. The van der Waals surface area contributed by atoms with E-state index in [1.165, 1.54) is 11.8 Å². The van der Waals surface area contributed by atoms with Crippen molar-refractivity contribution in [3.8, 4) is 11.5 Å². The SMILES string of the molecule is COc1ccc(CCNC(=O)c2ccccc2NC(=O)c2ccccc2SC)cc1OC. The lowest BCUT2D eigenvalue weighted by Gasteiger charge is -2.13. The smallest absolute Gasteiger partial charge is 0.256 e. The third-order valence-corrected chi connectivity index (χ3v) is 5.71. The number of thioether (sulfide) groups is 1. The van der Waals surface area contributed by atoms with Crippen molar-refractivity contribution in [2.75, 3.05) is 32.3 Å². The van der Waals surface area contributed by atoms with Crippen LogP contribution in [0.25, 0.3) is 0 Å². The molecule has 0 spiro atoms. The van der Waals surface area contributed by atoms with Gasteiger partial charge in [0.15, 0.2) is 11.5 Å². The molecule has 2 N–H and O–H groups in total. The van der Waals surface area contributed by atoms with E-state index in [9.17, 15) is 9.59 Å². The molecule has 7 heteroatoms. The summed E-state index contributed by atoms with van der Waals surface area (Å²) in [6.45, 7) is 0.436. The third kappa shape index (κ3) is 5.62. The molecule has 0 saturated carbocycles. The first-order chi connectivity index (χ1) is 15.6. The Morgan fingerprint density at radius 1 is 0.844 bits per heavy atom. The fourth-order valence-corrected chi connectivity index (χ4v) is 3.86. The van der Waals surface area contributed by atoms with Crippen LogP contribution in [-0.2, 0) is 6.42 Å². The van der Waals surface area contributed by atoms with Gasteiger partial charge in [-0.25, -0.2) is 0 Å². The Morgan fingerprint density at radius 3 is 2.25 bits per heavy atom. The first kappa shape index (κ1) is 23.2. The molecule has 0 saturated heterocycles. The molecule has 0 aromatic heterocycles. The highest BCUT2D eigenvalue weighted by Crippen LogP contribution is 2.27. The molecule has 0 aliphatic rings. The molecule has 3 aromatic rings. The molecule has 2 amide bonds. The minimum absolute atomic E-state index is 0.250. The first-order valence-electron chi connectivity index (χ1n) is 10.1. The molecule has 0 atom stereocenters. The monoisotopic (exact) mass is 450 g/mol. The van der Waals surface area contributed by atoms with E-state index >= 15 is 0 Å². The van der Waals surface area contributed by atoms with E-state index in [1.807, 2.05) is 42.7 Å². The first-order valence-corrected chi connectivity index (χ1v) is 11.3. The normalized spacial score (nSPS) is 10.3. The molecule has 0 unspecified atom stereocenters. The van der Waals surface area contributed by atoms with E-state index in [4.69, 9.17) is 9.47 Å². The van der Waals surface area contributed by atoms with Crippen LogP contribution in [0.2, 0.25) is 0 Å². The average Bonchev–Trinajstić information content (AvgIpc) is 2.84. The number of methoxy groups -OCH3 is 2. The highest BCUT2D eigenvalue weighted by atomic mass is 32.2. The molecule has 0 heterocycles. The minimum atomic E-state index is -0.250. The number of ether oxygens (including phenoxy) is 2. The summed E-state index contributed by atoms with van der Waals surface area (Å²) in [5.74, 6) is 0.808. The second kappa shape index (κ2) is 11.2. The van der Waals surface area contributed by atoms with Crippen molar-refractivity contribution in [1.29, 1.82) is 0 Å². The molecular weight excluding hydrogens is 424 g/mol. The predicted molar refractivity (Wildman–Crippen MR) is 128 cm³/mol. The van der Waals surface area contributed by atoms with Crippen LogP contribution in [-0.4, -0.2) is 38.8 Å². The summed E-state index contributed by atoms with van der Waals surface area (Å²) in [4.78, 5) is 26.5. The van der Waals surface area contributed by atoms with Gasteiger partial charge in [-0.15, -0.1) is 11.8 Å². The van der Waals surface area contributed by atoms with Crippen LogP contribution < -0.4 is 20.1 Å². The number of anilines is 1. The van der Waals surface area contributed by atoms with Crippen LogP contribution in [0.1, 0.15) is 26.3 Å². The standard InChI is InChI=1S/C25H26N2O4S/c1-30-21-13-12-17(16-22(21)31-2)14-15-26-24(28)18-8-4-6-10-20(18)27-25(29)19-9-5-7-11-23(19)32-3/h4-13,16H,14-15H2,1-3H3,(H,26,28)(H,27,29). The van der Waals surface area contributed by atoms with Gasteiger partial charge >= 0.3 is 0 Å². The van der Waals surface area contributed by atoms with E-state index in [0.717, 1.165) is 10.5 Å². The van der Waals surface area contributed by atoms with Gasteiger partial charge in [0, 0.05) is 11.4 Å². The second-order valence-electron chi connectivity index (χ2n) is 6.90. The summed E-state index contributed by atoms with van der Waals surface area (Å²) >= 11 is 1.50. The van der Waals surface area contributed by atoms with Crippen molar-refractivity contribution in [3.05, 3.63) is 83.4 Å². The maximum Gasteiger partial charge on any atom is 0.256 e. The molecular formula is C25H26N2O4S. The summed E-state index contributed by atoms with van der Waals surface area (Å²) in [6, 6.07) is 20.0. The minimum Gasteiger partial charge on any atom is -0.493 e. The van der Waals surface area contributed by atoms with Crippen LogP contribution in [0.5, 0.6) is 11.5 Å². The van der Waals surface area contributed by atoms with Gasteiger partial charge in [-0.05, 0) is 54.6 Å². The number of carbonyl (C=O) groups excluding carboxylic acids is 2. The van der Waals surface area contributed by atoms with Crippen molar-refractivity contribution >= 4 is 29.3 Å². The third-order valence-electron chi connectivity index (χ3n) is 4.92. The second-order valence-corrected chi connectivity index (χ2v) is 7.74. The molecule has 0 aliphatic carbocycles. The van der Waals surface area contributed by atoms with Gasteiger partial charge in [0.2, 0.25) is 0 Å². The number of benzene rings is 3. The lowest BCUT2D eigenvalue weighted by molar-refractivity contribution is 0.0955. The molecule has 0 fully saturated rings. The maximum absolute atomic E-state index is 12.8. The molecule has 0 bridgehead atoms. The van der Waals surface area contributed by atoms with Gasteiger partial charge in [0.25, 0.3) is 11.8 Å². The Balaban J connectivity index is 1.66. The zero-order valence-electron chi connectivity index (χ0n) is 18.3. The van der Waals surface area contributed by atoms with E-state index in [0.29, 0.717) is 41.3 Å². The molecule has 3 aromatic carbocycles. The molecule has 6 nitrogen and oxygen atoms in total. The van der Waals surface area contributed by atoms with Crippen LogP contribution in [0.4, 0.5) is 5.69 Å². The molecule has 32 heavy (non-hydrogen) atoms. The number of carbonyl (C=O) groups is 2. The molecule has 3 rings (SSSR count). The zero-order chi connectivity index (χ0) is 22.9. The van der Waals surface area contributed by atoms with E-state index in [2.05, 4.69) is 10.6 Å². The van der Waals surface area contributed by atoms with Gasteiger partial charge in [-0.1, -0.05) is 30.3 Å². The summed E-state index contributed by atoms with van der Waals surface area (Å²) in [7, 11) is 3.18. The highest BCUT2D eigenvalue weighted by Gasteiger charge is 2.16. The van der Waals surface area contributed by atoms with Crippen molar-refractivity contribution in [2.45, 2.75) is 11.3 Å². The molecule has 0 aliphatic heterocycles. The Bertz CT molecular complexity index is 1100. The lowest BCUT2D eigenvalue weighted by atomic mass is 10.1. The van der Waals surface area contributed by atoms with E-state index in [-0.39, 0.29) is 11.8 Å². The van der Waals surface area contributed by atoms with Gasteiger partial charge < -0.3 is 20.1 Å². The zero-order valence-corrected chi connectivity index (χ0v) is 19.1. The van der Waals surface area contributed by atoms with Crippen molar-refractivity contribution in [1.82, 2.24) is 5.32 Å². The summed E-state index contributed by atoms with van der Waals surface area (Å²) in [6.07, 6.45) is 2.55. The predicted octanol–water partition coefficient (Wildman–Crippen LogP) is 4.65. The van der Waals surface area contributed by atoms with Crippen molar-refractivity contribution in [3.63, 3.8) is 0 Å². The van der Waals surface area contributed by atoms with Crippen LogP contribution >= 0.6 is 11.8 Å². The van der Waals surface area contributed by atoms with Crippen LogP contribution in [0, 0.1) is 0 Å². The summed E-state index contributed by atoms with van der Waals surface area (Å²) in [5, 5.41) is 5.80. The summed E-state index contributed by atoms with van der Waals surface area (Å²) < 4.78 is 10.6. The van der Waals surface area contributed by atoms with Gasteiger partial charge in [0.05, 0.1) is 31.0 Å². The fraction of sp³-hybridized carbons (Fsp3) is 0.200.